The summed E-state index contributed by atoms with van der Waals surface area (Å²) < 4.78 is 13.9. The van der Waals surface area contributed by atoms with Crippen molar-refractivity contribution in [3.63, 3.8) is 0 Å². The molecule has 0 atom stereocenters. The van der Waals surface area contributed by atoms with E-state index in [-0.39, 0.29) is 17.2 Å². The number of ketones is 1. The Hall–Kier alpha value is -3.30. The van der Waals surface area contributed by atoms with Crippen LogP contribution in [-0.2, 0) is 0 Å². The summed E-state index contributed by atoms with van der Waals surface area (Å²) in [6.07, 6.45) is 3.50. The number of hydrogen-bond acceptors (Lipinski definition) is 9. The van der Waals surface area contributed by atoms with Gasteiger partial charge in [-0.25, -0.2) is 0 Å². The molecule has 0 aliphatic heterocycles. The first-order valence-electron chi connectivity index (χ1n) is 6.74. The van der Waals surface area contributed by atoms with Gasteiger partial charge in [0.1, 0.15) is 30.2 Å². The van der Waals surface area contributed by atoms with Crippen molar-refractivity contribution in [1.29, 1.82) is 0 Å². The van der Waals surface area contributed by atoms with Crippen molar-refractivity contribution in [3.05, 3.63) is 46.4 Å². The van der Waals surface area contributed by atoms with Gasteiger partial charge in [0, 0.05) is 18.1 Å². The Bertz CT molecular complexity index is 847. The molecule has 3 aromatic heterocycles. The molecule has 10 heteroatoms. The molecule has 0 bridgehead atoms. The first kappa shape index (κ1) is 17.1. The van der Waals surface area contributed by atoms with E-state index in [1.165, 1.54) is 19.6 Å². The molecule has 0 saturated heterocycles. The summed E-state index contributed by atoms with van der Waals surface area (Å²) in [5.74, 6) is -0.358. The molecule has 0 unspecified atom stereocenters. The predicted molar refractivity (Wildman–Crippen MR) is 75.2 cm³/mol. The van der Waals surface area contributed by atoms with Crippen LogP contribution < -0.4 is 9.74 Å². The maximum Gasteiger partial charge on any atom is 0.323 e. The quantitative estimate of drug-likeness (QED) is 0.499. The van der Waals surface area contributed by atoms with Crippen molar-refractivity contribution in [3.8, 4) is 0 Å². The Morgan fingerprint density at radius 3 is 2.17 bits per heavy atom. The molecule has 0 aliphatic rings. The summed E-state index contributed by atoms with van der Waals surface area (Å²) in [5, 5.41) is 10.6. The maximum absolute atomic E-state index is 12.0. The highest BCUT2D eigenvalue weighted by atomic mass is 16.8. The zero-order valence-corrected chi connectivity index (χ0v) is 13.5. The minimum Gasteiger partial charge on any atom is -0.364 e. The van der Waals surface area contributed by atoms with Gasteiger partial charge in [0.2, 0.25) is 0 Å². The molecule has 0 amide bonds. The first-order valence-corrected chi connectivity index (χ1v) is 6.74. The van der Waals surface area contributed by atoms with E-state index in [0.29, 0.717) is 23.2 Å². The van der Waals surface area contributed by atoms with Gasteiger partial charge in [-0.2, -0.15) is 0 Å². The highest BCUT2D eigenvalue weighted by Gasteiger charge is 2.31. The summed E-state index contributed by atoms with van der Waals surface area (Å²) in [4.78, 5) is 27.8. The molecule has 3 aromatic rings. The van der Waals surface area contributed by atoms with Crippen molar-refractivity contribution in [2.45, 2.75) is 20.8 Å². The predicted octanol–water partition coefficient (Wildman–Crippen LogP) is 0.652. The molecule has 126 valence electrons. The van der Waals surface area contributed by atoms with Gasteiger partial charge in [0.25, 0.3) is 11.5 Å². The second kappa shape index (κ2) is 7.31. The van der Waals surface area contributed by atoms with Crippen LogP contribution in [0.25, 0.3) is 0 Å². The van der Waals surface area contributed by atoms with E-state index in [9.17, 15) is 9.59 Å². The molecule has 3 rings (SSSR count). The summed E-state index contributed by atoms with van der Waals surface area (Å²) in [6.45, 7) is 5.15. The standard InChI is InChI=1S/C9H10N3O4.C5H5NO2/c1-5-4-15-10-7(5)9(13)8-6(2)12(14-3)16-11-8;1-4-3-8-6-5(4)2-7/h4H,1-3H3;2-3H,1H3/q+1;. The number of rotatable bonds is 4. The van der Waals surface area contributed by atoms with Gasteiger partial charge in [0.05, 0.1) is 0 Å². The van der Waals surface area contributed by atoms with Crippen LogP contribution >= 0.6 is 0 Å². The molecule has 0 spiro atoms. The third-order valence-corrected chi connectivity index (χ3v) is 3.06. The second-order valence-corrected chi connectivity index (χ2v) is 4.72. The monoisotopic (exact) mass is 335 g/mol. The largest absolute Gasteiger partial charge is 0.364 e. The van der Waals surface area contributed by atoms with Crippen LogP contribution in [0.4, 0.5) is 0 Å². The van der Waals surface area contributed by atoms with Gasteiger partial charge in [-0.3, -0.25) is 9.59 Å². The second-order valence-electron chi connectivity index (χ2n) is 4.72. The fraction of sp³-hybridized carbons (Fsp3) is 0.286. The zero-order chi connectivity index (χ0) is 17.7. The van der Waals surface area contributed by atoms with E-state index in [4.69, 9.17) is 14.0 Å². The molecule has 3 heterocycles. The molecule has 0 fully saturated rings. The van der Waals surface area contributed by atoms with Gasteiger partial charge in [-0.05, 0) is 18.5 Å². The number of carbonyl (C=O) groups excluding carboxylic acids is 2. The molecule has 0 radical (unpaired) electrons. The minimum absolute atomic E-state index is 0.152. The Morgan fingerprint density at radius 2 is 1.75 bits per heavy atom. The third kappa shape index (κ3) is 3.37. The van der Waals surface area contributed by atoms with Gasteiger partial charge in [-0.15, -0.1) is 0 Å². The summed E-state index contributed by atoms with van der Waals surface area (Å²) >= 11 is 0. The van der Waals surface area contributed by atoms with E-state index in [2.05, 4.69) is 20.0 Å². The number of nitrogens with zero attached hydrogens (tertiary/aromatic N) is 4. The van der Waals surface area contributed by atoms with Crippen LogP contribution in [0.2, 0.25) is 0 Å². The van der Waals surface area contributed by atoms with Crippen molar-refractivity contribution >= 4 is 12.1 Å². The van der Waals surface area contributed by atoms with E-state index in [1.807, 2.05) is 0 Å². The average molecular weight is 335 g/mol. The van der Waals surface area contributed by atoms with E-state index < -0.39 is 0 Å². The minimum atomic E-state index is -0.358. The van der Waals surface area contributed by atoms with Crippen LogP contribution in [0.15, 0.2) is 26.2 Å². The summed E-state index contributed by atoms with van der Waals surface area (Å²) in [6, 6.07) is 0. The maximum atomic E-state index is 12.0. The van der Waals surface area contributed by atoms with Crippen LogP contribution in [0.5, 0.6) is 0 Å². The zero-order valence-electron chi connectivity index (χ0n) is 13.5. The van der Waals surface area contributed by atoms with Crippen molar-refractivity contribution in [2.24, 2.45) is 0 Å². The summed E-state index contributed by atoms with van der Waals surface area (Å²) in [7, 11) is 1.41. The van der Waals surface area contributed by atoms with Crippen LogP contribution in [0.3, 0.4) is 0 Å². The fourth-order valence-corrected chi connectivity index (χ4v) is 1.70. The van der Waals surface area contributed by atoms with E-state index in [1.54, 1.807) is 20.8 Å². The van der Waals surface area contributed by atoms with Gasteiger partial charge >= 0.3 is 5.69 Å². The fourth-order valence-electron chi connectivity index (χ4n) is 1.70. The molecule has 10 nitrogen and oxygen atoms in total. The highest BCUT2D eigenvalue weighted by Crippen LogP contribution is 2.11. The van der Waals surface area contributed by atoms with Gasteiger partial charge in [-0.1, -0.05) is 10.3 Å². The number of aromatic nitrogens is 4. The van der Waals surface area contributed by atoms with Crippen LogP contribution in [0, 0.1) is 20.8 Å². The van der Waals surface area contributed by atoms with E-state index in [0.717, 1.165) is 10.5 Å². The lowest BCUT2D eigenvalue weighted by atomic mass is 10.1. The van der Waals surface area contributed by atoms with Crippen molar-refractivity contribution in [1.82, 2.24) is 15.5 Å². The molecular formula is C14H15N4O6+. The lowest BCUT2D eigenvalue weighted by molar-refractivity contribution is -1.02. The Morgan fingerprint density at radius 1 is 1.08 bits per heavy atom. The lowest BCUT2D eigenvalue weighted by Crippen LogP contribution is -2.41. The summed E-state index contributed by atoms with van der Waals surface area (Å²) in [5.41, 5.74) is 2.65. The molecule has 0 N–H and O–H groups in total. The number of carbonyl (C=O) groups is 2. The Labute approximate surface area is 135 Å². The van der Waals surface area contributed by atoms with Crippen molar-refractivity contribution < 1.29 is 33.0 Å². The van der Waals surface area contributed by atoms with Crippen LogP contribution in [0.1, 0.15) is 43.5 Å². The van der Waals surface area contributed by atoms with Gasteiger partial charge in [0.15, 0.2) is 17.1 Å². The van der Waals surface area contributed by atoms with E-state index >= 15 is 0 Å². The number of aldehydes is 1. The smallest absolute Gasteiger partial charge is 0.323 e. The molecule has 0 saturated carbocycles. The van der Waals surface area contributed by atoms with Crippen LogP contribution in [-0.4, -0.2) is 34.6 Å². The average Bonchev–Trinajstić information content (AvgIpc) is 3.27. The SMILES string of the molecule is CO[n+]1onc(C(=O)c2nocc2C)c1C.Cc1conc1C=O. The van der Waals surface area contributed by atoms with Gasteiger partial charge < -0.3 is 13.9 Å². The lowest BCUT2D eigenvalue weighted by Gasteiger charge is -1.88. The normalized spacial score (nSPS) is 10.0. The number of hydrogen-bond donors (Lipinski definition) is 0. The number of aryl methyl sites for hydroxylation is 2. The first-order chi connectivity index (χ1) is 11.5. The Kier molecular flexibility index (Phi) is 5.20. The highest BCUT2D eigenvalue weighted by molar-refractivity contribution is 6.07. The molecule has 24 heavy (non-hydrogen) atoms. The molecule has 0 aromatic carbocycles. The molecule has 0 aliphatic carbocycles. The Balaban J connectivity index is 0.000000219. The third-order valence-electron chi connectivity index (χ3n) is 3.06. The van der Waals surface area contributed by atoms with Crippen molar-refractivity contribution in [2.75, 3.05) is 7.11 Å². The molecular weight excluding hydrogens is 320 g/mol. The topological polar surface area (TPSA) is 125 Å².